The average molecular weight is 320 g/mol. The Hall–Kier alpha value is -1.52. The van der Waals surface area contributed by atoms with Crippen LogP contribution in [0.5, 0.6) is 0 Å². The Balaban J connectivity index is 1.92. The molecular formula is C17H22ClN3O. The van der Waals surface area contributed by atoms with Gasteiger partial charge < -0.3 is 14.8 Å². The van der Waals surface area contributed by atoms with Gasteiger partial charge in [0, 0.05) is 48.3 Å². The van der Waals surface area contributed by atoms with Gasteiger partial charge in [-0.3, -0.25) is 4.79 Å². The van der Waals surface area contributed by atoms with Crippen molar-refractivity contribution in [1.29, 1.82) is 0 Å². The van der Waals surface area contributed by atoms with E-state index in [1.807, 2.05) is 43.1 Å². The number of H-pyrrole nitrogens is 1. The van der Waals surface area contributed by atoms with E-state index in [0.29, 0.717) is 5.02 Å². The fourth-order valence-corrected chi connectivity index (χ4v) is 3.31. The molecule has 2 heterocycles. The third-order valence-electron chi connectivity index (χ3n) is 4.64. The van der Waals surface area contributed by atoms with Crippen LogP contribution in [0.4, 0.5) is 0 Å². The summed E-state index contributed by atoms with van der Waals surface area (Å²) in [5.74, 6) is 0.191. The molecule has 0 aliphatic carbocycles. The topological polar surface area (TPSA) is 39.3 Å². The molecule has 1 fully saturated rings. The number of fused-ring (bicyclic) bond motifs is 1. The van der Waals surface area contributed by atoms with Crippen molar-refractivity contribution in [3.8, 4) is 0 Å². The zero-order valence-electron chi connectivity index (χ0n) is 13.3. The van der Waals surface area contributed by atoms with E-state index in [-0.39, 0.29) is 5.91 Å². The van der Waals surface area contributed by atoms with Crippen LogP contribution in [-0.4, -0.2) is 53.9 Å². The van der Waals surface area contributed by atoms with E-state index in [0.717, 1.165) is 42.6 Å². The summed E-state index contributed by atoms with van der Waals surface area (Å²) in [6.45, 7) is 7.48. The van der Waals surface area contributed by atoms with E-state index >= 15 is 0 Å². The van der Waals surface area contributed by atoms with Crippen molar-refractivity contribution in [3.05, 3.63) is 35.0 Å². The third-order valence-corrected chi connectivity index (χ3v) is 4.88. The molecule has 0 bridgehead atoms. The first-order valence-electron chi connectivity index (χ1n) is 7.64. The van der Waals surface area contributed by atoms with Crippen LogP contribution < -0.4 is 0 Å². The van der Waals surface area contributed by atoms with E-state index in [4.69, 9.17) is 11.6 Å². The van der Waals surface area contributed by atoms with Gasteiger partial charge in [0.2, 0.25) is 5.91 Å². The van der Waals surface area contributed by atoms with Gasteiger partial charge in [0.25, 0.3) is 0 Å². The molecule has 0 unspecified atom stereocenters. The van der Waals surface area contributed by atoms with Gasteiger partial charge in [-0.1, -0.05) is 17.7 Å². The first kappa shape index (κ1) is 15.4. The predicted octanol–water partition coefficient (Wildman–Crippen LogP) is 2.87. The average Bonchev–Trinajstić information content (AvgIpc) is 2.91. The second-order valence-electron chi connectivity index (χ2n) is 6.61. The van der Waals surface area contributed by atoms with Gasteiger partial charge in [-0.2, -0.15) is 0 Å². The highest BCUT2D eigenvalue weighted by Crippen LogP contribution is 2.33. The molecule has 1 saturated heterocycles. The third kappa shape index (κ3) is 2.61. The van der Waals surface area contributed by atoms with Gasteiger partial charge in [0.15, 0.2) is 0 Å². The van der Waals surface area contributed by atoms with E-state index in [9.17, 15) is 4.79 Å². The van der Waals surface area contributed by atoms with Crippen molar-refractivity contribution < 1.29 is 4.79 Å². The maximum Gasteiger partial charge on any atom is 0.232 e. The van der Waals surface area contributed by atoms with Crippen LogP contribution in [0.25, 0.3) is 10.9 Å². The summed E-state index contributed by atoms with van der Waals surface area (Å²) in [5.41, 5.74) is 1.45. The lowest BCUT2D eigenvalue weighted by atomic mass is 9.82. The summed E-state index contributed by atoms with van der Waals surface area (Å²) in [6, 6.07) is 5.76. The van der Waals surface area contributed by atoms with E-state index in [2.05, 4.69) is 16.9 Å². The molecule has 5 heteroatoms. The molecular weight excluding hydrogens is 298 g/mol. The molecule has 1 aromatic heterocycles. The van der Waals surface area contributed by atoms with E-state index in [1.54, 1.807) is 0 Å². The molecule has 0 atom stereocenters. The summed E-state index contributed by atoms with van der Waals surface area (Å²) in [5, 5.41) is 1.76. The molecule has 1 amide bonds. The summed E-state index contributed by atoms with van der Waals surface area (Å²) in [7, 11) is 2.09. The van der Waals surface area contributed by atoms with E-state index < -0.39 is 5.41 Å². The molecule has 4 nitrogen and oxygen atoms in total. The number of amides is 1. The standard InChI is InChI=1S/C17H22ClN3O/c1-17(2,16(22)21-8-6-20(3)7-9-21)14-11-19-15-10-12(18)4-5-13(14)15/h4-5,10-11,19H,6-9H2,1-3H3. The minimum absolute atomic E-state index is 0.191. The number of piperazine rings is 1. The highest BCUT2D eigenvalue weighted by molar-refractivity contribution is 6.31. The Morgan fingerprint density at radius 1 is 1.23 bits per heavy atom. The van der Waals surface area contributed by atoms with Crippen LogP contribution in [-0.2, 0) is 10.2 Å². The Kier molecular flexibility index (Phi) is 3.91. The lowest BCUT2D eigenvalue weighted by molar-refractivity contribution is -0.137. The highest BCUT2D eigenvalue weighted by atomic mass is 35.5. The number of nitrogens with zero attached hydrogens (tertiary/aromatic N) is 2. The van der Waals surface area contributed by atoms with Gasteiger partial charge >= 0.3 is 0 Å². The second kappa shape index (κ2) is 5.60. The SMILES string of the molecule is CN1CCN(C(=O)C(C)(C)c2c[nH]c3cc(Cl)ccc23)CC1. The monoisotopic (exact) mass is 319 g/mol. The number of benzene rings is 1. The number of likely N-dealkylation sites (N-methyl/N-ethyl adjacent to an activating group) is 1. The van der Waals surface area contributed by atoms with Crippen molar-refractivity contribution in [2.75, 3.05) is 33.2 Å². The number of halogens is 1. The maximum atomic E-state index is 13.0. The van der Waals surface area contributed by atoms with Crippen LogP contribution in [0.2, 0.25) is 5.02 Å². The Morgan fingerprint density at radius 3 is 2.59 bits per heavy atom. The zero-order chi connectivity index (χ0) is 15.9. The van der Waals surface area contributed by atoms with Gasteiger partial charge in [-0.15, -0.1) is 0 Å². The summed E-state index contributed by atoms with van der Waals surface area (Å²) >= 11 is 6.04. The van der Waals surface area contributed by atoms with Gasteiger partial charge in [0.1, 0.15) is 0 Å². The number of nitrogens with one attached hydrogen (secondary N) is 1. The fourth-order valence-electron chi connectivity index (χ4n) is 3.14. The van der Waals surface area contributed by atoms with Crippen molar-refractivity contribution in [1.82, 2.24) is 14.8 Å². The number of carbonyl (C=O) groups excluding carboxylic acids is 1. The minimum atomic E-state index is -0.554. The normalized spacial score (nSPS) is 17.2. The first-order chi connectivity index (χ1) is 10.4. The van der Waals surface area contributed by atoms with Crippen molar-refractivity contribution in [2.45, 2.75) is 19.3 Å². The lowest BCUT2D eigenvalue weighted by Crippen LogP contribution is -2.52. The van der Waals surface area contributed by atoms with E-state index in [1.165, 1.54) is 0 Å². The smallest absolute Gasteiger partial charge is 0.232 e. The lowest BCUT2D eigenvalue weighted by Gasteiger charge is -2.37. The highest BCUT2D eigenvalue weighted by Gasteiger charge is 2.36. The van der Waals surface area contributed by atoms with Crippen molar-refractivity contribution >= 4 is 28.4 Å². The van der Waals surface area contributed by atoms with Crippen molar-refractivity contribution in [3.63, 3.8) is 0 Å². The Morgan fingerprint density at radius 2 is 1.91 bits per heavy atom. The maximum absolute atomic E-state index is 13.0. The zero-order valence-corrected chi connectivity index (χ0v) is 14.1. The molecule has 0 radical (unpaired) electrons. The fraction of sp³-hybridized carbons (Fsp3) is 0.471. The molecule has 0 saturated carbocycles. The molecule has 1 N–H and O–H groups in total. The minimum Gasteiger partial charge on any atom is -0.361 e. The quantitative estimate of drug-likeness (QED) is 0.924. The van der Waals surface area contributed by atoms with Crippen LogP contribution in [0.15, 0.2) is 24.4 Å². The number of aromatic nitrogens is 1. The number of carbonyl (C=O) groups is 1. The van der Waals surface area contributed by atoms with Crippen LogP contribution in [0.3, 0.4) is 0 Å². The molecule has 0 spiro atoms. The molecule has 3 rings (SSSR count). The van der Waals surface area contributed by atoms with Gasteiger partial charge in [-0.25, -0.2) is 0 Å². The summed E-state index contributed by atoms with van der Waals surface area (Å²) in [6.07, 6.45) is 1.94. The molecule has 2 aromatic rings. The van der Waals surface area contributed by atoms with Gasteiger partial charge in [-0.05, 0) is 38.6 Å². The largest absolute Gasteiger partial charge is 0.361 e. The number of hydrogen-bond acceptors (Lipinski definition) is 2. The Bertz CT molecular complexity index is 699. The van der Waals surface area contributed by atoms with Crippen LogP contribution in [0, 0.1) is 0 Å². The Labute approximate surface area is 136 Å². The predicted molar refractivity (Wildman–Crippen MR) is 90.4 cm³/mol. The molecule has 22 heavy (non-hydrogen) atoms. The second-order valence-corrected chi connectivity index (χ2v) is 7.05. The summed E-state index contributed by atoms with van der Waals surface area (Å²) in [4.78, 5) is 20.5. The number of aromatic amines is 1. The van der Waals surface area contributed by atoms with Crippen molar-refractivity contribution in [2.24, 2.45) is 0 Å². The number of rotatable bonds is 2. The van der Waals surface area contributed by atoms with Gasteiger partial charge in [0.05, 0.1) is 5.41 Å². The molecule has 1 aliphatic rings. The molecule has 1 aromatic carbocycles. The van der Waals surface area contributed by atoms with Crippen LogP contribution >= 0.6 is 11.6 Å². The number of hydrogen-bond donors (Lipinski definition) is 1. The van der Waals surface area contributed by atoms with Crippen LogP contribution in [0.1, 0.15) is 19.4 Å². The molecule has 118 valence electrons. The first-order valence-corrected chi connectivity index (χ1v) is 8.02. The summed E-state index contributed by atoms with van der Waals surface area (Å²) < 4.78 is 0. The molecule has 1 aliphatic heterocycles.